The van der Waals surface area contributed by atoms with Crippen LogP contribution in [0.25, 0.3) is 6.08 Å². The second kappa shape index (κ2) is 7.68. The zero-order valence-electron chi connectivity index (χ0n) is 14.0. The highest BCUT2D eigenvalue weighted by atomic mass is 32.2. The summed E-state index contributed by atoms with van der Waals surface area (Å²) < 4.78 is 0.237. The molecule has 1 aliphatic rings. The number of nitro benzene ring substituents is 1. The van der Waals surface area contributed by atoms with Gasteiger partial charge in [-0.15, -0.1) is 0 Å². The van der Waals surface area contributed by atoms with Gasteiger partial charge in [-0.2, -0.15) is 10.1 Å². The smallest absolute Gasteiger partial charge is 0.286 e. The molecule has 3 rings (SSSR count). The lowest BCUT2D eigenvalue weighted by atomic mass is 10.1. The minimum absolute atomic E-state index is 0.112. The molecule has 27 heavy (non-hydrogen) atoms. The molecule has 0 aliphatic carbocycles. The van der Waals surface area contributed by atoms with Crippen LogP contribution in [-0.2, 0) is 4.79 Å². The lowest BCUT2D eigenvalue weighted by molar-refractivity contribution is -0.384. The van der Waals surface area contributed by atoms with Crippen LogP contribution >= 0.6 is 24.0 Å². The van der Waals surface area contributed by atoms with E-state index in [0.29, 0.717) is 4.91 Å². The summed E-state index contributed by atoms with van der Waals surface area (Å²) in [5.41, 5.74) is 1.84. The molecule has 1 N–H and O–H groups in total. The van der Waals surface area contributed by atoms with Gasteiger partial charge < -0.3 is 5.11 Å². The third-order valence-electron chi connectivity index (χ3n) is 3.78. The van der Waals surface area contributed by atoms with Crippen LogP contribution in [-0.4, -0.2) is 31.5 Å². The molecule has 0 unspecified atom stereocenters. The Bertz CT molecular complexity index is 1020. The van der Waals surface area contributed by atoms with Crippen molar-refractivity contribution in [3.63, 3.8) is 0 Å². The van der Waals surface area contributed by atoms with Crippen molar-refractivity contribution in [1.82, 2.24) is 5.01 Å². The van der Waals surface area contributed by atoms with Crippen molar-refractivity contribution in [2.45, 2.75) is 6.92 Å². The SMILES string of the molecule is Cc1ccccc1C=C1SC(=S)N(/N=C/c2cc([N+](=O)[O-])ccc2O)C1=O. The Morgan fingerprint density at radius 1 is 1.26 bits per heavy atom. The average molecular weight is 399 g/mol. The first kappa shape index (κ1) is 18.7. The van der Waals surface area contributed by atoms with Gasteiger partial charge in [-0.25, -0.2) is 0 Å². The van der Waals surface area contributed by atoms with Crippen LogP contribution in [0.15, 0.2) is 52.5 Å². The fourth-order valence-electron chi connectivity index (χ4n) is 2.33. The summed E-state index contributed by atoms with van der Waals surface area (Å²) in [5.74, 6) is -0.584. The van der Waals surface area contributed by atoms with Gasteiger partial charge in [0.1, 0.15) is 5.75 Å². The molecule has 7 nitrogen and oxygen atoms in total. The highest BCUT2D eigenvalue weighted by molar-refractivity contribution is 8.26. The standard InChI is InChI=1S/C18H13N3O4S2/c1-11-4-2-3-5-12(11)9-16-17(23)20(18(26)27-16)19-10-13-8-14(21(24)25)6-7-15(13)22/h2-10,22H,1H3/b16-9?,19-10+. The molecule has 1 aliphatic heterocycles. The number of benzene rings is 2. The largest absolute Gasteiger partial charge is 0.507 e. The number of nitrogens with zero attached hydrogens (tertiary/aromatic N) is 3. The van der Waals surface area contributed by atoms with E-state index in [4.69, 9.17) is 12.2 Å². The summed E-state index contributed by atoms with van der Waals surface area (Å²) >= 11 is 6.32. The lowest BCUT2D eigenvalue weighted by Gasteiger charge is -2.06. The number of nitro groups is 1. The van der Waals surface area contributed by atoms with E-state index in [0.717, 1.165) is 27.9 Å². The number of amides is 1. The fourth-order valence-corrected chi connectivity index (χ4v) is 3.49. The number of hydrazone groups is 1. The third-order valence-corrected chi connectivity index (χ3v) is 5.07. The van der Waals surface area contributed by atoms with Crippen molar-refractivity contribution < 1.29 is 14.8 Å². The average Bonchev–Trinajstić information content (AvgIpc) is 2.89. The number of rotatable bonds is 4. The molecule has 136 valence electrons. The Labute approximate surface area is 164 Å². The maximum atomic E-state index is 12.6. The second-order valence-corrected chi connectivity index (χ2v) is 7.27. The minimum Gasteiger partial charge on any atom is -0.507 e. The van der Waals surface area contributed by atoms with Crippen molar-refractivity contribution in [3.05, 3.63) is 74.2 Å². The highest BCUT2D eigenvalue weighted by Gasteiger charge is 2.32. The van der Waals surface area contributed by atoms with Crippen LogP contribution in [0.2, 0.25) is 0 Å². The Kier molecular flexibility index (Phi) is 5.33. The third kappa shape index (κ3) is 4.04. The van der Waals surface area contributed by atoms with Crippen molar-refractivity contribution in [2.75, 3.05) is 0 Å². The number of aryl methyl sites for hydroxylation is 1. The number of phenolic OH excluding ortho intramolecular Hbond substituents is 1. The molecule has 0 aromatic heterocycles. The molecule has 1 saturated heterocycles. The minimum atomic E-state index is -0.582. The van der Waals surface area contributed by atoms with E-state index in [1.165, 1.54) is 24.4 Å². The molecule has 0 spiro atoms. The normalized spacial score (nSPS) is 15.9. The molecule has 1 heterocycles. The number of non-ortho nitro benzene ring substituents is 1. The van der Waals surface area contributed by atoms with E-state index in [1.807, 2.05) is 31.2 Å². The number of phenols is 1. The molecule has 1 fully saturated rings. The highest BCUT2D eigenvalue weighted by Crippen LogP contribution is 2.33. The molecular weight excluding hydrogens is 386 g/mol. The van der Waals surface area contributed by atoms with Crippen LogP contribution in [0.3, 0.4) is 0 Å². The first-order valence-electron chi connectivity index (χ1n) is 7.72. The fraction of sp³-hybridized carbons (Fsp3) is 0.0556. The molecule has 0 atom stereocenters. The Morgan fingerprint density at radius 2 is 2.00 bits per heavy atom. The molecule has 2 aromatic rings. The van der Waals surface area contributed by atoms with Crippen molar-refractivity contribution in [2.24, 2.45) is 5.10 Å². The van der Waals surface area contributed by atoms with E-state index in [1.54, 1.807) is 6.08 Å². The van der Waals surface area contributed by atoms with Crippen molar-refractivity contribution >= 4 is 52.2 Å². The van der Waals surface area contributed by atoms with Gasteiger partial charge in [-0.05, 0) is 42.4 Å². The molecule has 1 amide bonds. The predicted molar refractivity (Wildman–Crippen MR) is 109 cm³/mol. The number of carbonyl (C=O) groups is 1. The van der Waals surface area contributed by atoms with Gasteiger partial charge in [0.25, 0.3) is 11.6 Å². The van der Waals surface area contributed by atoms with Gasteiger partial charge in [-0.1, -0.05) is 36.0 Å². The number of carbonyl (C=O) groups excluding carboxylic acids is 1. The predicted octanol–water partition coefficient (Wildman–Crippen LogP) is 3.84. The van der Waals surface area contributed by atoms with E-state index >= 15 is 0 Å². The number of aromatic hydroxyl groups is 1. The van der Waals surface area contributed by atoms with Crippen LogP contribution in [0.5, 0.6) is 5.75 Å². The van der Waals surface area contributed by atoms with Gasteiger partial charge in [0.2, 0.25) is 0 Å². The van der Waals surface area contributed by atoms with Gasteiger partial charge in [0.05, 0.1) is 16.0 Å². The van der Waals surface area contributed by atoms with Crippen LogP contribution in [0, 0.1) is 17.0 Å². The van der Waals surface area contributed by atoms with Crippen LogP contribution in [0.1, 0.15) is 16.7 Å². The summed E-state index contributed by atoms with van der Waals surface area (Å²) in [6, 6.07) is 11.2. The molecule has 2 aromatic carbocycles. The van der Waals surface area contributed by atoms with E-state index in [9.17, 15) is 20.0 Å². The first-order chi connectivity index (χ1) is 12.9. The van der Waals surface area contributed by atoms with Gasteiger partial charge in [-0.3, -0.25) is 14.9 Å². The number of thiocarbonyl (C=S) groups is 1. The summed E-state index contributed by atoms with van der Waals surface area (Å²) in [4.78, 5) is 23.3. The number of hydrogen-bond donors (Lipinski definition) is 1. The maximum Gasteiger partial charge on any atom is 0.286 e. The zero-order valence-corrected chi connectivity index (χ0v) is 15.7. The van der Waals surface area contributed by atoms with Crippen molar-refractivity contribution in [3.8, 4) is 5.75 Å². The quantitative estimate of drug-likeness (QED) is 0.276. The van der Waals surface area contributed by atoms with Gasteiger partial charge in [0.15, 0.2) is 4.32 Å². The van der Waals surface area contributed by atoms with Crippen molar-refractivity contribution in [1.29, 1.82) is 0 Å². The summed E-state index contributed by atoms with van der Waals surface area (Å²) in [5, 5.41) is 25.7. The topological polar surface area (TPSA) is 96.0 Å². The van der Waals surface area contributed by atoms with E-state index in [-0.39, 0.29) is 21.3 Å². The maximum absolute atomic E-state index is 12.6. The summed E-state index contributed by atoms with van der Waals surface area (Å²) in [6.45, 7) is 1.94. The Morgan fingerprint density at radius 3 is 2.70 bits per heavy atom. The van der Waals surface area contributed by atoms with Crippen LogP contribution in [0.4, 0.5) is 5.69 Å². The second-order valence-electron chi connectivity index (χ2n) is 5.59. The molecule has 0 saturated carbocycles. The molecule has 0 radical (unpaired) electrons. The first-order valence-corrected chi connectivity index (χ1v) is 8.94. The Hall–Kier alpha value is -3.04. The lowest BCUT2D eigenvalue weighted by Crippen LogP contribution is -2.22. The van der Waals surface area contributed by atoms with Crippen LogP contribution < -0.4 is 0 Å². The van der Waals surface area contributed by atoms with E-state index < -0.39 is 10.8 Å². The zero-order chi connectivity index (χ0) is 19.6. The molecule has 9 heteroatoms. The van der Waals surface area contributed by atoms with E-state index in [2.05, 4.69) is 5.10 Å². The summed E-state index contributed by atoms with van der Waals surface area (Å²) in [6.07, 6.45) is 2.92. The van der Waals surface area contributed by atoms with Gasteiger partial charge >= 0.3 is 0 Å². The van der Waals surface area contributed by atoms with Gasteiger partial charge in [0, 0.05) is 17.7 Å². The summed E-state index contributed by atoms with van der Waals surface area (Å²) in [7, 11) is 0. The monoisotopic (exact) mass is 399 g/mol. The number of hydrogen-bond acceptors (Lipinski definition) is 7. The molecular formula is C18H13N3O4S2. The Balaban J connectivity index is 1.86. The number of thioether (sulfide) groups is 1. The molecule has 0 bridgehead atoms.